The van der Waals surface area contributed by atoms with Crippen molar-refractivity contribution in [1.29, 1.82) is 0 Å². The lowest BCUT2D eigenvalue weighted by atomic mass is 10.2. The minimum absolute atomic E-state index is 0.181. The van der Waals surface area contributed by atoms with E-state index in [1.54, 1.807) is 35.0 Å². The third-order valence-corrected chi connectivity index (χ3v) is 3.94. The lowest BCUT2D eigenvalue weighted by molar-refractivity contribution is -0.275. The van der Waals surface area contributed by atoms with E-state index in [1.165, 1.54) is 6.07 Å². The van der Waals surface area contributed by atoms with E-state index in [0.29, 0.717) is 22.0 Å². The summed E-state index contributed by atoms with van der Waals surface area (Å²) in [6, 6.07) is 8.16. The van der Waals surface area contributed by atoms with Gasteiger partial charge in [-0.25, -0.2) is 14.4 Å². The van der Waals surface area contributed by atoms with Crippen LogP contribution in [0.25, 0.3) is 16.7 Å². The van der Waals surface area contributed by atoms with Crippen LogP contribution < -0.4 is 10.1 Å². The third kappa shape index (κ3) is 3.45. The summed E-state index contributed by atoms with van der Waals surface area (Å²) >= 11 is 6.01. The van der Waals surface area contributed by atoms with E-state index in [2.05, 4.69) is 20.0 Å². The summed E-state index contributed by atoms with van der Waals surface area (Å²) in [5.41, 5.74) is 1.97. The Kier molecular flexibility index (Phi) is 4.03. The van der Waals surface area contributed by atoms with Crippen LogP contribution in [0.3, 0.4) is 0 Å². The van der Waals surface area contributed by atoms with Crippen LogP contribution in [0.2, 0.25) is 5.02 Å². The molecule has 0 unspecified atom stereocenters. The highest BCUT2D eigenvalue weighted by Crippen LogP contribution is 2.30. The Hall–Kier alpha value is -3.07. The molecule has 5 nitrogen and oxygen atoms in total. The van der Waals surface area contributed by atoms with Crippen LogP contribution in [-0.4, -0.2) is 20.7 Å². The molecule has 0 amide bonds. The Balaban J connectivity index is 1.74. The number of ether oxygens (including phenoxy) is 1. The number of nitrogens with one attached hydrogen (secondary N) is 1. The topological polar surface area (TPSA) is 51.5 Å². The van der Waals surface area contributed by atoms with Crippen molar-refractivity contribution in [2.75, 3.05) is 5.32 Å². The van der Waals surface area contributed by atoms with Crippen LogP contribution in [0.4, 0.5) is 29.1 Å². The molecule has 4 rings (SSSR count). The van der Waals surface area contributed by atoms with E-state index >= 15 is 0 Å². The zero-order valence-electron chi connectivity index (χ0n) is 13.3. The van der Waals surface area contributed by atoms with Gasteiger partial charge in [-0.15, -0.1) is 13.2 Å². The summed E-state index contributed by atoms with van der Waals surface area (Å²) in [7, 11) is 0. The first kappa shape index (κ1) is 17.3. The number of hydrogen-bond acceptors (Lipinski definition) is 4. The largest absolute Gasteiger partial charge is 0.573 e. The van der Waals surface area contributed by atoms with Gasteiger partial charge in [-0.3, -0.25) is 4.40 Å². The summed E-state index contributed by atoms with van der Waals surface area (Å²) in [6.45, 7) is 0. The molecule has 27 heavy (non-hydrogen) atoms. The molecular formula is C17H9ClF4N4O. The molecule has 2 heterocycles. The number of nitrogens with zero attached hydrogens (tertiary/aromatic N) is 3. The van der Waals surface area contributed by atoms with Crippen LogP contribution in [-0.2, 0) is 0 Å². The second-order valence-corrected chi connectivity index (χ2v) is 5.97. The molecule has 0 saturated carbocycles. The van der Waals surface area contributed by atoms with Crippen LogP contribution >= 0.6 is 11.6 Å². The van der Waals surface area contributed by atoms with Crippen molar-refractivity contribution in [3.8, 4) is 5.75 Å². The standard InChI is InChI=1S/C17H9ClF4N4O/c18-9-1-3-13-12(7-9)25-15(16-23-5-6-26(13)16)24-10-2-4-14(11(19)8-10)27-17(20,21)22/h1-8H,(H,24,25). The predicted octanol–water partition coefficient (Wildman–Crippen LogP) is 5.32. The zero-order valence-corrected chi connectivity index (χ0v) is 14.0. The second kappa shape index (κ2) is 6.27. The molecule has 0 aliphatic rings. The second-order valence-electron chi connectivity index (χ2n) is 5.53. The SMILES string of the molecule is Fc1cc(Nc2nc3cc(Cl)ccc3n3ccnc23)ccc1OC(F)(F)F. The molecule has 0 aliphatic heterocycles. The van der Waals surface area contributed by atoms with E-state index in [1.807, 2.05) is 0 Å². The highest BCUT2D eigenvalue weighted by Gasteiger charge is 2.32. The first-order valence-corrected chi connectivity index (χ1v) is 7.92. The maximum atomic E-state index is 13.9. The van der Waals surface area contributed by atoms with Gasteiger partial charge in [0.2, 0.25) is 0 Å². The van der Waals surface area contributed by atoms with Gasteiger partial charge in [-0.2, -0.15) is 0 Å². The Morgan fingerprint density at radius 1 is 1.11 bits per heavy atom. The van der Waals surface area contributed by atoms with Gasteiger partial charge in [-0.1, -0.05) is 11.6 Å². The molecule has 0 spiro atoms. The van der Waals surface area contributed by atoms with Crippen molar-refractivity contribution in [3.63, 3.8) is 0 Å². The molecule has 0 aliphatic carbocycles. The predicted molar refractivity (Wildman–Crippen MR) is 91.9 cm³/mol. The van der Waals surface area contributed by atoms with E-state index < -0.39 is 17.9 Å². The van der Waals surface area contributed by atoms with Crippen LogP contribution in [0, 0.1) is 5.82 Å². The first-order valence-electron chi connectivity index (χ1n) is 7.55. The molecule has 0 radical (unpaired) electrons. The molecular weight excluding hydrogens is 388 g/mol. The average molecular weight is 397 g/mol. The number of hydrogen-bond donors (Lipinski definition) is 1. The molecule has 1 N–H and O–H groups in total. The van der Waals surface area contributed by atoms with Crippen molar-refractivity contribution in [2.45, 2.75) is 6.36 Å². The number of aromatic nitrogens is 3. The fraction of sp³-hybridized carbons (Fsp3) is 0.0588. The van der Waals surface area contributed by atoms with Crippen molar-refractivity contribution in [2.24, 2.45) is 0 Å². The summed E-state index contributed by atoms with van der Waals surface area (Å²) < 4.78 is 56.1. The molecule has 2 aromatic carbocycles. The first-order chi connectivity index (χ1) is 12.8. The highest BCUT2D eigenvalue weighted by molar-refractivity contribution is 6.31. The lowest BCUT2D eigenvalue weighted by Gasteiger charge is -2.12. The summed E-state index contributed by atoms with van der Waals surface area (Å²) in [6.07, 6.45) is -1.69. The third-order valence-electron chi connectivity index (χ3n) is 3.70. The average Bonchev–Trinajstić information content (AvgIpc) is 3.06. The summed E-state index contributed by atoms with van der Waals surface area (Å²) in [5, 5.41) is 3.35. The van der Waals surface area contributed by atoms with Crippen LogP contribution in [0.5, 0.6) is 5.75 Å². The lowest BCUT2D eigenvalue weighted by Crippen LogP contribution is -2.18. The van der Waals surface area contributed by atoms with Crippen LogP contribution in [0.1, 0.15) is 0 Å². The molecule has 2 aromatic heterocycles. The fourth-order valence-corrected chi connectivity index (χ4v) is 2.81. The Morgan fingerprint density at radius 2 is 1.93 bits per heavy atom. The number of imidazole rings is 1. The molecule has 138 valence electrons. The van der Waals surface area contributed by atoms with Crippen molar-refractivity contribution >= 4 is 39.8 Å². The minimum atomic E-state index is -4.98. The Labute approximate surface area is 154 Å². The van der Waals surface area contributed by atoms with Crippen molar-refractivity contribution in [3.05, 3.63) is 59.6 Å². The minimum Gasteiger partial charge on any atom is -0.403 e. The molecule has 4 aromatic rings. The molecule has 0 fully saturated rings. The van der Waals surface area contributed by atoms with E-state index in [-0.39, 0.29) is 5.69 Å². The zero-order chi connectivity index (χ0) is 19.2. The smallest absolute Gasteiger partial charge is 0.403 e. The van der Waals surface area contributed by atoms with Gasteiger partial charge in [0, 0.05) is 29.2 Å². The number of rotatable bonds is 3. The number of alkyl halides is 3. The summed E-state index contributed by atoms with van der Waals surface area (Å²) in [5.74, 6) is -1.79. The number of anilines is 2. The van der Waals surface area contributed by atoms with Gasteiger partial charge in [-0.05, 0) is 30.3 Å². The van der Waals surface area contributed by atoms with E-state index in [0.717, 1.165) is 17.6 Å². The van der Waals surface area contributed by atoms with E-state index in [4.69, 9.17) is 11.6 Å². The monoisotopic (exact) mass is 396 g/mol. The van der Waals surface area contributed by atoms with Gasteiger partial charge in [0.15, 0.2) is 23.0 Å². The van der Waals surface area contributed by atoms with Crippen LogP contribution in [0.15, 0.2) is 48.8 Å². The fourth-order valence-electron chi connectivity index (χ4n) is 2.64. The Bertz CT molecular complexity index is 1160. The molecule has 0 saturated heterocycles. The maximum absolute atomic E-state index is 13.9. The quantitative estimate of drug-likeness (QED) is 0.476. The van der Waals surface area contributed by atoms with Gasteiger partial charge in [0.25, 0.3) is 0 Å². The number of benzene rings is 2. The Morgan fingerprint density at radius 3 is 2.67 bits per heavy atom. The van der Waals surface area contributed by atoms with Gasteiger partial charge >= 0.3 is 6.36 Å². The highest BCUT2D eigenvalue weighted by atomic mass is 35.5. The van der Waals surface area contributed by atoms with Gasteiger partial charge in [0.1, 0.15) is 0 Å². The number of fused-ring (bicyclic) bond motifs is 3. The normalized spacial score (nSPS) is 11.9. The van der Waals surface area contributed by atoms with Gasteiger partial charge in [0.05, 0.1) is 11.0 Å². The summed E-state index contributed by atoms with van der Waals surface area (Å²) in [4.78, 5) is 8.64. The van der Waals surface area contributed by atoms with Crippen molar-refractivity contribution < 1.29 is 22.3 Å². The number of halogens is 5. The molecule has 0 bridgehead atoms. The van der Waals surface area contributed by atoms with E-state index in [9.17, 15) is 17.6 Å². The van der Waals surface area contributed by atoms with Crippen molar-refractivity contribution in [1.82, 2.24) is 14.4 Å². The molecule has 0 atom stereocenters. The van der Waals surface area contributed by atoms with Gasteiger partial charge < -0.3 is 10.1 Å². The maximum Gasteiger partial charge on any atom is 0.573 e. The molecule has 10 heteroatoms.